The van der Waals surface area contributed by atoms with Crippen molar-refractivity contribution in [3.05, 3.63) is 60.2 Å². The molecule has 2 aromatic carbocycles. The number of aryl methyl sites for hydroxylation is 1. The van der Waals surface area contributed by atoms with E-state index in [1.807, 2.05) is 12.1 Å². The van der Waals surface area contributed by atoms with Crippen LogP contribution in [-0.2, 0) is 0 Å². The van der Waals surface area contributed by atoms with E-state index in [1.165, 1.54) is 11.3 Å². The van der Waals surface area contributed by atoms with Gasteiger partial charge in [-0.15, -0.1) is 24.0 Å². The number of nitrogens with two attached hydrogens (primary N) is 1. The number of nitrogens with one attached hydrogen (secondary N) is 1. The molecule has 0 bridgehead atoms. The molecule has 1 saturated heterocycles. The molecule has 1 aliphatic heterocycles. The maximum absolute atomic E-state index is 5.97. The van der Waals surface area contributed by atoms with Gasteiger partial charge in [0.1, 0.15) is 0 Å². The average molecular weight is 493 g/mol. The predicted molar refractivity (Wildman–Crippen MR) is 131 cm³/mol. The van der Waals surface area contributed by atoms with E-state index in [0.29, 0.717) is 5.96 Å². The molecule has 2 aromatic rings. The van der Waals surface area contributed by atoms with Gasteiger partial charge >= 0.3 is 0 Å². The molecule has 0 saturated carbocycles. The van der Waals surface area contributed by atoms with Crippen molar-refractivity contribution in [1.29, 1.82) is 0 Å². The second-order valence-electron chi connectivity index (χ2n) is 7.13. The Balaban J connectivity index is 0.00000280. The molecular weight excluding hydrogens is 461 g/mol. The first-order valence-electron chi connectivity index (χ1n) is 9.87. The van der Waals surface area contributed by atoms with Gasteiger partial charge in [-0.05, 0) is 56.1 Å². The van der Waals surface area contributed by atoms with Crippen molar-refractivity contribution < 1.29 is 0 Å². The molecule has 0 spiro atoms. The van der Waals surface area contributed by atoms with Crippen molar-refractivity contribution in [3.8, 4) is 0 Å². The van der Waals surface area contributed by atoms with Crippen molar-refractivity contribution in [1.82, 2.24) is 4.90 Å². The first-order chi connectivity index (χ1) is 13.2. The number of unbranched alkanes of at least 4 members (excludes halogenated alkanes) is 1. The zero-order valence-electron chi connectivity index (χ0n) is 16.7. The van der Waals surface area contributed by atoms with Gasteiger partial charge < -0.3 is 16.0 Å². The van der Waals surface area contributed by atoms with Gasteiger partial charge in [-0.3, -0.25) is 9.89 Å². The molecule has 3 rings (SSSR count). The maximum Gasteiger partial charge on any atom is 0.193 e. The van der Waals surface area contributed by atoms with E-state index < -0.39 is 0 Å². The number of halogens is 1. The van der Waals surface area contributed by atoms with Crippen molar-refractivity contribution in [2.45, 2.75) is 19.8 Å². The Bertz CT molecular complexity index is 727. The molecule has 0 aromatic heterocycles. The van der Waals surface area contributed by atoms with Crippen LogP contribution >= 0.6 is 24.0 Å². The number of hydrogen-bond donors (Lipinski definition) is 2. The lowest BCUT2D eigenvalue weighted by Crippen LogP contribution is -2.46. The predicted octanol–water partition coefficient (Wildman–Crippen LogP) is 3.94. The van der Waals surface area contributed by atoms with E-state index in [9.17, 15) is 0 Å². The van der Waals surface area contributed by atoms with E-state index >= 15 is 0 Å². The molecule has 5 nitrogen and oxygen atoms in total. The molecule has 0 amide bonds. The minimum Gasteiger partial charge on any atom is -0.370 e. The van der Waals surface area contributed by atoms with E-state index in [-0.39, 0.29) is 24.0 Å². The first-order valence-corrected chi connectivity index (χ1v) is 9.87. The Labute approximate surface area is 186 Å². The lowest BCUT2D eigenvalue weighted by molar-refractivity contribution is 0.253. The molecule has 6 heteroatoms. The molecular formula is C22H32IN5. The first kappa shape index (κ1) is 22.5. The van der Waals surface area contributed by atoms with E-state index in [2.05, 4.69) is 69.5 Å². The zero-order valence-corrected chi connectivity index (χ0v) is 19.0. The second kappa shape index (κ2) is 11.9. The fraction of sp³-hybridized carbons (Fsp3) is 0.409. The van der Waals surface area contributed by atoms with Crippen molar-refractivity contribution in [3.63, 3.8) is 0 Å². The van der Waals surface area contributed by atoms with Gasteiger partial charge in [-0.1, -0.05) is 30.3 Å². The Kier molecular flexibility index (Phi) is 9.57. The minimum absolute atomic E-state index is 0. The van der Waals surface area contributed by atoms with Crippen molar-refractivity contribution in [2.24, 2.45) is 10.7 Å². The Hall–Kier alpha value is -1.80. The molecule has 1 heterocycles. The van der Waals surface area contributed by atoms with E-state index in [0.717, 1.165) is 57.8 Å². The number of para-hydroxylation sites is 1. The molecule has 0 atom stereocenters. The number of piperazine rings is 1. The smallest absolute Gasteiger partial charge is 0.193 e. The fourth-order valence-electron chi connectivity index (χ4n) is 3.43. The number of benzene rings is 2. The highest BCUT2D eigenvalue weighted by Crippen LogP contribution is 2.15. The van der Waals surface area contributed by atoms with Crippen molar-refractivity contribution in [2.75, 3.05) is 49.5 Å². The number of hydrogen-bond acceptors (Lipinski definition) is 3. The van der Waals surface area contributed by atoms with Crippen LogP contribution in [0.3, 0.4) is 0 Å². The fourth-order valence-corrected chi connectivity index (χ4v) is 3.43. The normalized spacial score (nSPS) is 15.2. The summed E-state index contributed by atoms with van der Waals surface area (Å²) in [4.78, 5) is 9.46. The lowest BCUT2D eigenvalue weighted by Gasteiger charge is -2.36. The number of aliphatic imine (C=N–C) groups is 1. The van der Waals surface area contributed by atoms with Gasteiger partial charge in [0.15, 0.2) is 5.96 Å². The van der Waals surface area contributed by atoms with E-state index in [1.54, 1.807) is 0 Å². The van der Waals surface area contributed by atoms with Crippen LogP contribution in [0.5, 0.6) is 0 Å². The highest BCUT2D eigenvalue weighted by Gasteiger charge is 2.16. The third-order valence-electron chi connectivity index (χ3n) is 4.95. The standard InChI is InChI=1S/C22H31N5.HI/c1-19-8-7-9-20(18-19)25-22(23)24-12-5-6-13-26-14-16-27(17-15-26)21-10-3-2-4-11-21;/h2-4,7-11,18H,5-6,12-17H2,1H3,(H3,23,24,25);1H. The Morgan fingerprint density at radius 2 is 1.75 bits per heavy atom. The summed E-state index contributed by atoms with van der Waals surface area (Å²) in [7, 11) is 0. The molecule has 0 radical (unpaired) electrons. The van der Waals surface area contributed by atoms with Crippen molar-refractivity contribution >= 4 is 41.3 Å². The molecule has 28 heavy (non-hydrogen) atoms. The van der Waals surface area contributed by atoms with Crippen LogP contribution < -0.4 is 16.0 Å². The second-order valence-corrected chi connectivity index (χ2v) is 7.13. The zero-order chi connectivity index (χ0) is 18.9. The largest absolute Gasteiger partial charge is 0.370 e. The van der Waals surface area contributed by atoms with Gasteiger partial charge in [0, 0.05) is 44.1 Å². The monoisotopic (exact) mass is 493 g/mol. The molecule has 3 N–H and O–H groups in total. The third kappa shape index (κ3) is 7.31. The summed E-state index contributed by atoms with van der Waals surface area (Å²) in [5.41, 5.74) is 9.51. The number of nitrogens with zero attached hydrogens (tertiary/aromatic N) is 3. The SMILES string of the molecule is Cc1cccc(NC(N)=NCCCCN2CCN(c3ccccc3)CC2)c1.I. The summed E-state index contributed by atoms with van der Waals surface area (Å²) in [5, 5.41) is 3.16. The Morgan fingerprint density at radius 3 is 2.46 bits per heavy atom. The highest BCUT2D eigenvalue weighted by molar-refractivity contribution is 14.0. The number of rotatable bonds is 7. The van der Waals surface area contributed by atoms with Crippen LogP contribution in [0.2, 0.25) is 0 Å². The summed E-state index contributed by atoms with van der Waals surface area (Å²) in [6, 6.07) is 18.9. The summed E-state index contributed by atoms with van der Waals surface area (Å²) in [6.45, 7) is 8.46. The average Bonchev–Trinajstić information content (AvgIpc) is 2.69. The van der Waals surface area contributed by atoms with Gasteiger partial charge in [0.25, 0.3) is 0 Å². The summed E-state index contributed by atoms with van der Waals surface area (Å²) in [5.74, 6) is 0.497. The van der Waals surface area contributed by atoms with Gasteiger partial charge in [-0.25, -0.2) is 0 Å². The van der Waals surface area contributed by atoms with Gasteiger partial charge in [-0.2, -0.15) is 0 Å². The van der Waals surface area contributed by atoms with Crippen LogP contribution in [0.25, 0.3) is 0 Å². The third-order valence-corrected chi connectivity index (χ3v) is 4.95. The van der Waals surface area contributed by atoms with Crippen LogP contribution in [0.4, 0.5) is 11.4 Å². The quantitative estimate of drug-likeness (QED) is 0.266. The van der Waals surface area contributed by atoms with Crippen LogP contribution in [-0.4, -0.2) is 50.1 Å². The molecule has 152 valence electrons. The minimum atomic E-state index is 0. The molecule has 0 unspecified atom stereocenters. The summed E-state index contributed by atoms with van der Waals surface area (Å²) >= 11 is 0. The van der Waals surface area contributed by atoms with E-state index in [4.69, 9.17) is 5.73 Å². The number of guanidine groups is 1. The van der Waals surface area contributed by atoms with Gasteiger partial charge in [0.05, 0.1) is 0 Å². The van der Waals surface area contributed by atoms with Crippen LogP contribution in [0.15, 0.2) is 59.6 Å². The molecule has 0 aliphatic carbocycles. The lowest BCUT2D eigenvalue weighted by atomic mass is 10.2. The summed E-state index contributed by atoms with van der Waals surface area (Å²) in [6.07, 6.45) is 2.22. The molecule has 1 fully saturated rings. The summed E-state index contributed by atoms with van der Waals surface area (Å²) < 4.78 is 0. The topological polar surface area (TPSA) is 56.9 Å². The van der Waals surface area contributed by atoms with Crippen LogP contribution in [0, 0.1) is 6.92 Å². The van der Waals surface area contributed by atoms with Gasteiger partial charge in [0.2, 0.25) is 0 Å². The maximum atomic E-state index is 5.97. The molecule has 1 aliphatic rings. The Morgan fingerprint density at radius 1 is 1.00 bits per heavy atom. The number of anilines is 2. The highest BCUT2D eigenvalue weighted by atomic mass is 127. The van der Waals surface area contributed by atoms with Crippen LogP contribution in [0.1, 0.15) is 18.4 Å².